The number of halogens is 1. The van der Waals surface area contributed by atoms with E-state index in [9.17, 15) is 18.0 Å². The van der Waals surface area contributed by atoms with Gasteiger partial charge in [-0.2, -0.15) is 0 Å². The molecule has 6 nitrogen and oxygen atoms in total. The highest BCUT2D eigenvalue weighted by Gasteiger charge is 2.21. The summed E-state index contributed by atoms with van der Waals surface area (Å²) in [5, 5.41) is 17.0. The van der Waals surface area contributed by atoms with Crippen LogP contribution in [0, 0.1) is 0 Å². The van der Waals surface area contributed by atoms with Crippen LogP contribution in [0.15, 0.2) is 23.1 Å². The van der Waals surface area contributed by atoms with Gasteiger partial charge >= 0.3 is 11.9 Å². The molecule has 0 unspecified atom stereocenters. The molecule has 17 heavy (non-hydrogen) atoms. The van der Waals surface area contributed by atoms with Gasteiger partial charge in [0.1, 0.15) is 0 Å². The van der Waals surface area contributed by atoms with Gasteiger partial charge < -0.3 is 10.2 Å². The van der Waals surface area contributed by atoms with Crippen LogP contribution >= 0.6 is 11.6 Å². The number of rotatable bonds is 4. The maximum atomic E-state index is 11.5. The minimum Gasteiger partial charge on any atom is -0.480 e. The minimum absolute atomic E-state index is 0.119. The van der Waals surface area contributed by atoms with E-state index in [-0.39, 0.29) is 9.92 Å². The zero-order chi connectivity index (χ0) is 13.2. The van der Waals surface area contributed by atoms with Crippen molar-refractivity contribution in [2.75, 3.05) is 5.75 Å². The molecule has 0 spiro atoms. The van der Waals surface area contributed by atoms with Crippen LogP contribution in [-0.2, 0) is 14.6 Å². The Kier molecular flexibility index (Phi) is 3.74. The molecule has 0 aliphatic carbocycles. The van der Waals surface area contributed by atoms with Crippen molar-refractivity contribution < 1.29 is 28.2 Å². The first-order valence-electron chi connectivity index (χ1n) is 4.21. The fourth-order valence-electron chi connectivity index (χ4n) is 1.11. The third kappa shape index (κ3) is 3.18. The zero-order valence-electron chi connectivity index (χ0n) is 8.25. The van der Waals surface area contributed by atoms with Crippen molar-refractivity contribution in [3.8, 4) is 0 Å². The van der Waals surface area contributed by atoms with Gasteiger partial charge in [-0.15, -0.1) is 0 Å². The molecule has 0 aliphatic rings. The lowest BCUT2D eigenvalue weighted by atomic mass is 10.2. The fraction of sp³-hybridized carbons (Fsp3) is 0.111. The van der Waals surface area contributed by atoms with E-state index < -0.39 is 33.1 Å². The highest BCUT2D eigenvalue weighted by molar-refractivity contribution is 7.92. The Morgan fingerprint density at radius 3 is 2.29 bits per heavy atom. The molecule has 0 amide bonds. The lowest BCUT2D eigenvalue weighted by Gasteiger charge is -2.04. The predicted octanol–water partition coefficient (Wildman–Crippen LogP) is 0.897. The highest BCUT2D eigenvalue weighted by Crippen LogP contribution is 2.21. The van der Waals surface area contributed by atoms with Crippen molar-refractivity contribution >= 4 is 33.4 Å². The molecular formula is C9H7ClO6S. The Morgan fingerprint density at radius 2 is 1.82 bits per heavy atom. The van der Waals surface area contributed by atoms with Crippen LogP contribution < -0.4 is 0 Å². The van der Waals surface area contributed by atoms with E-state index in [1.54, 1.807) is 0 Å². The first-order valence-corrected chi connectivity index (χ1v) is 6.24. The normalized spacial score (nSPS) is 11.1. The summed E-state index contributed by atoms with van der Waals surface area (Å²) in [6, 6.07) is 3.00. The molecule has 0 aromatic heterocycles. The van der Waals surface area contributed by atoms with Gasteiger partial charge in [-0.1, -0.05) is 11.6 Å². The Labute approximate surface area is 101 Å². The van der Waals surface area contributed by atoms with Gasteiger partial charge in [0.25, 0.3) is 0 Å². The van der Waals surface area contributed by atoms with Crippen molar-refractivity contribution in [3.63, 3.8) is 0 Å². The topological polar surface area (TPSA) is 109 Å². The van der Waals surface area contributed by atoms with Crippen molar-refractivity contribution in [2.45, 2.75) is 4.90 Å². The van der Waals surface area contributed by atoms with Gasteiger partial charge in [-0.05, 0) is 18.2 Å². The molecule has 0 saturated carbocycles. The molecule has 1 aromatic rings. The molecule has 0 fully saturated rings. The second-order valence-electron chi connectivity index (χ2n) is 3.10. The van der Waals surface area contributed by atoms with E-state index in [1.165, 1.54) is 0 Å². The molecule has 2 N–H and O–H groups in total. The lowest BCUT2D eigenvalue weighted by Crippen LogP contribution is -2.15. The van der Waals surface area contributed by atoms with Crippen molar-refractivity contribution in [1.82, 2.24) is 0 Å². The Hall–Kier alpha value is -1.60. The average Bonchev–Trinajstić information content (AvgIpc) is 2.15. The molecular weight excluding hydrogens is 272 g/mol. The number of aromatic carboxylic acids is 1. The second kappa shape index (κ2) is 4.72. The van der Waals surface area contributed by atoms with Crippen molar-refractivity contribution in [2.24, 2.45) is 0 Å². The Bertz CT molecular complexity index is 577. The lowest BCUT2D eigenvalue weighted by molar-refractivity contribution is -0.134. The van der Waals surface area contributed by atoms with Crippen LogP contribution in [0.2, 0.25) is 5.02 Å². The number of carboxylic acid groups (broad SMARTS) is 2. The van der Waals surface area contributed by atoms with E-state index >= 15 is 0 Å². The molecule has 0 atom stereocenters. The molecule has 0 bridgehead atoms. The summed E-state index contributed by atoms with van der Waals surface area (Å²) >= 11 is 5.56. The molecule has 1 aromatic carbocycles. The number of sulfone groups is 1. The summed E-state index contributed by atoms with van der Waals surface area (Å²) in [4.78, 5) is 20.7. The summed E-state index contributed by atoms with van der Waals surface area (Å²) in [6.45, 7) is 0. The second-order valence-corrected chi connectivity index (χ2v) is 5.50. The zero-order valence-corrected chi connectivity index (χ0v) is 9.83. The fourth-order valence-corrected chi connectivity index (χ4v) is 2.37. The summed E-state index contributed by atoms with van der Waals surface area (Å²) in [5.41, 5.74) is -0.391. The van der Waals surface area contributed by atoms with Gasteiger partial charge in [0.2, 0.25) is 0 Å². The molecule has 0 heterocycles. The number of carboxylic acids is 2. The molecule has 0 radical (unpaired) electrons. The number of aliphatic carboxylic acids is 1. The van der Waals surface area contributed by atoms with Crippen LogP contribution in [0.4, 0.5) is 0 Å². The first kappa shape index (κ1) is 13.5. The van der Waals surface area contributed by atoms with E-state index in [2.05, 4.69) is 0 Å². The minimum atomic E-state index is -4.05. The monoisotopic (exact) mass is 278 g/mol. The maximum absolute atomic E-state index is 11.5. The van der Waals surface area contributed by atoms with Crippen LogP contribution in [0.1, 0.15) is 10.4 Å². The molecule has 92 valence electrons. The van der Waals surface area contributed by atoms with Crippen molar-refractivity contribution in [3.05, 3.63) is 28.8 Å². The van der Waals surface area contributed by atoms with Crippen LogP contribution in [-0.4, -0.2) is 36.3 Å². The average molecular weight is 279 g/mol. The van der Waals surface area contributed by atoms with Gasteiger partial charge in [0, 0.05) is 0 Å². The van der Waals surface area contributed by atoms with Crippen LogP contribution in [0.25, 0.3) is 0 Å². The van der Waals surface area contributed by atoms with Crippen LogP contribution in [0.5, 0.6) is 0 Å². The van der Waals surface area contributed by atoms with E-state index in [0.717, 1.165) is 18.2 Å². The maximum Gasteiger partial charge on any atom is 0.337 e. The number of carbonyl (C=O) groups is 2. The largest absolute Gasteiger partial charge is 0.480 e. The third-order valence-electron chi connectivity index (χ3n) is 1.84. The standard InChI is InChI=1S/C9H7ClO6S/c10-7-2-1-5(3-6(7)9(13)14)17(15,16)4-8(11)12/h1-3H,4H2,(H,11,12)(H,13,14). The summed E-state index contributed by atoms with van der Waals surface area (Å²) < 4.78 is 23.0. The van der Waals surface area contributed by atoms with E-state index in [0.29, 0.717) is 0 Å². The summed E-state index contributed by atoms with van der Waals surface area (Å²) in [6.07, 6.45) is 0. The molecule has 1 rings (SSSR count). The molecule has 0 aliphatic heterocycles. The molecule has 8 heteroatoms. The predicted molar refractivity (Wildman–Crippen MR) is 58.1 cm³/mol. The highest BCUT2D eigenvalue weighted by atomic mass is 35.5. The summed E-state index contributed by atoms with van der Waals surface area (Å²) in [7, 11) is -4.05. The van der Waals surface area contributed by atoms with E-state index in [4.69, 9.17) is 21.8 Å². The SMILES string of the molecule is O=C(O)CS(=O)(=O)c1ccc(Cl)c(C(=O)O)c1. The Morgan fingerprint density at radius 1 is 1.24 bits per heavy atom. The summed E-state index contributed by atoms with van der Waals surface area (Å²) in [5.74, 6) is -4.01. The quantitative estimate of drug-likeness (QED) is 0.847. The van der Waals surface area contributed by atoms with Crippen molar-refractivity contribution in [1.29, 1.82) is 0 Å². The van der Waals surface area contributed by atoms with Crippen LogP contribution in [0.3, 0.4) is 0 Å². The van der Waals surface area contributed by atoms with E-state index in [1.807, 2.05) is 0 Å². The number of benzene rings is 1. The first-order chi connectivity index (χ1) is 7.74. The number of hydrogen-bond donors (Lipinski definition) is 2. The van der Waals surface area contributed by atoms with Gasteiger partial charge in [0.15, 0.2) is 15.6 Å². The van der Waals surface area contributed by atoms with Gasteiger partial charge in [0.05, 0.1) is 15.5 Å². The third-order valence-corrected chi connectivity index (χ3v) is 3.77. The van der Waals surface area contributed by atoms with Gasteiger partial charge in [-0.25, -0.2) is 13.2 Å². The smallest absolute Gasteiger partial charge is 0.337 e. The van der Waals surface area contributed by atoms with Gasteiger partial charge in [-0.3, -0.25) is 4.79 Å². The number of hydrogen-bond acceptors (Lipinski definition) is 4. The Balaban J connectivity index is 3.30. The molecule has 0 saturated heterocycles.